The van der Waals surface area contributed by atoms with Crippen LogP contribution in [0.1, 0.15) is 69.2 Å². The zero-order valence-electron chi connectivity index (χ0n) is 26.5. The first kappa shape index (κ1) is 31.9. The molecule has 4 aliphatic rings. The molecule has 46 heavy (non-hydrogen) atoms. The number of hydrogen-bond acceptors (Lipinski definition) is 7. The van der Waals surface area contributed by atoms with E-state index in [1.807, 2.05) is 27.0 Å². The van der Waals surface area contributed by atoms with Crippen molar-refractivity contribution in [1.29, 1.82) is 0 Å². The van der Waals surface area contributed by atoms with Gasteiger partial charge < -0.3 is 19.1 Å². The normalized spacial score (nSPS) is 27.5. The third kappa shape index (κ3) is 5.02. The van der Waals surface area contributed by atoms with Crippen molar-refractivity contribution >= 4 is 17.8 Å². The number of alkyl halides is 3. The van der Waals surface area contributed by atoms with Crippen LogP contribution in [0, 0.1) is 17.8 Å². The van der Waals surface area contributed by atoms with E-state index in [0.29, 0.717) is 44.5 Å². The van der Waals surface area contributed by atoms with E-state index >= 15 is 0 Å². The highest BCUT2D eigenvalue weighted by Gasteiger charge is 2.75. The van der Waals surface area contributed by atoms with E-state index < -0.39 is 52.7 Å². The zero-order chi connectivity index (χ0) is 33.2. The Labute approximate surface area is 266 Å². The largest absolute Gasteiger partial charge is 0.483 e. The van der Waals surface area contributed by atoms with Crippen molar-refractivity contribution in [2.45, 2.75) is 88.8 Å². The van der Waals surface area contributed by atoms with Gasteiger partial charge in [0.15, 0.2) is 11.5 Å². The molecule has 6 rings (SSSR count). The van der Waals surface area contributed by atoms with Crippen LogP contribution in [0.3, 0.4) is 0 Å². The Hall–Kier alpha value is -4.04. The van der Waals surface area contributed by atoms with Crippen molar-refractivity contribution in [3.8, 4) is 23.3 Å². The van der Waals surface area contributed by atoms with Crippen LogP contribution in [0.4, 0.5) is 13.2 Å². The lowest BCUT2D eigenvalue weighted by molar-refractivity contribution is -0.221. The molecule has 2 fully saturated rings. The van der Waals surface area contributed by atoms with Crippen molar-refractivity contribution in [2.75, 3.05) is 20.1 Å². The van der Waals surface area contributed by atoms with E-state index in [0.717, 1.165) is 23.3 Å². The lowest BCUT2D eigenvalue weighted by atomic mass is 9.48. The summed E-state index contributed by atoms with van der Waals surface area (Å²) in [6.45, 7) is 7.76. The molecule has 2 heterocycles. The summed E-state index contributed by atoms with van der Waals surface area (Å²) in [6.07, 6.45) is -3.00. The number of nitrogens with zero attached hydrogens (tertiary/aromatic N) is 2. The van der Waals surface area contributed by atoms with Crippen LogP contribution in [0.15, 0.2) is 36.4 Å². The van der Waals surface area contributed by atoms with Crippen LogP contribution < -0.4 is 9.47 Å². The summed E-state index contributed by atoms with van der Waals surface area (Å²) in [4.78, 5) is 42.8. The number of benzene rings is 2. The number of hydrogen-bond donors (Lipinski definition) is 0. The molecule has 2 aliphatic carbocycles. The molecule has 1 saturated heterocycles. The molecule has 2 aliphatic heterocycles. The third-order valence-electron chi connectivity index (χ3n) is 9.97. The maximum atomic E-state index is 13.9. The van der Waals surface area contributed by atoms with Crippen LogP contribution in [-0.4, -0.2) is 71.6 Å². The van der Waals surface area contributed by atoms with Crippen LogP contribution in [0.5, 0.6) is 11.5 Å². The molecule has 0 aromatic heterocycles. The third-order valence-corrected chi connectivity index (χ3v) is 9.97. The van der Waals surface area contributed by atoms with Gasteiger partial charge in [-0.2, -0.15) is 13.2 Å². The zero-order valence-corrected chi connectivity index (χ0v) is 26.5. The summed E-state index contributed by atoms with van der Waals surface area (Å²) in [7, 11) is 2.03. The first-order chi connectivity index (χ1) is 21.7. The summed E-state index contributed by atoms with van der Waals surface area (Å²) in [6, 6.07) is 7.45. The van der Waals surface area contributed by atoms with Gasteiger partial charge in [-0.1, -0.05) is 25.8 Å². The standard InChI is InChI=1S/C35H37F3N2O6/c1-20(2)19-40(29(43)13-8-23-6-10-25(11-7-23)35(36,37)38)26-14-15-34(46-22(4)42)28-18-24-9-12-27(44-21(3)41)31-30(24)33(34,32(26)45-31)16-17-39(28)5/h6-7,9-12,20,26,28,32H,14-19H2,1-5H3/t26-,28+,32-,33-,34+/m0/s1. The van der Waals surface area contributed by atoms with Crippen LogP contribution in [0.25, 0.3) is 0 Å². The van der Waals surface area contributed by atoms with Crippen LogP contribution in [-0.2, 0) is 37.1 Å². The summed E-state index contributed by atoms with van der Waals surface area (Å²) in [5.41, 5.74) is -0.380. The molecule has 244 valence electrons. The second-order valence-electron chi connectivity index (χ2n) is 13.2. The number of ether oxygens (including phenoxy) is 3. The van der Waals surface area contributed by atoms with Gasteiger partial charge >= 0.3 is 18.1 Å². The molecule has 1 amide bonds. The Morgan fingerprint density at radius 1 is 1.09 bits per heavy atom. The van der Waals surface area contributed by atoms with E-state index in [4.69, 9.17) is 14.2 Å². The number of esters is 2. The van der Waals surface area contributed by atoms with Crippen molar-refractivity contribution in [3.05, 3.63) is 58.7 Å². The Morgan fingerprint density at radius 3 is 2.43 bits per heavy atom. The summed E-state index contributed by atoms with van der Waals surface area (Å²) in [5.74, 6) is 4.83. The molecular weight excluding hydrogens is 601 g/mol. The first-order valence-corrected chi connectivity index (χ1v) is 15.6. The number of rotatable bonds is 5. The highest BCUT2D eigenvalue weighted by atomic mass is 19.4. The molecule has 0 unspecified atom stereocenters. The SMILES string of the molecule is CC(=O)Oc1ccc2c3c1O[C@H]1[C@@H](N(CC(C)C)C(=O)C#Cc4ccc(C(F)(F)F)cc4)CC[C@@]4(OC(C)=O)[C@@H](C2)N(C)CC[C@]314. The Kier molecular flexibility index (Phi) is 7.87. The smallest absolute Gasteiger partial charge is 0.416 e. The van der Waals surface area contributed by atoms with Gasteiger partial charge in [0.2, 0.25) is 0 Å². The highest BCUT2D eigenvalue weighted by Crippen LogP contribution is 2.67. The maximum Gasteiger partial charge on any atom is 0.416 e. The van der Waals surface area contributed by atoms with E-state index in [2.05, 4.69) is 16.7 Å². The van der Waals surface area contributed by atoms with E-state index in [9.17, 15) is 27.6 Å². The lowest BCUT2D eigenvalue weighted by Crippen LogP contribution is -2.79. The average molecular weight is 639 g/mol. The minimum absolute atomic E-state index is 0.0574. The Bertz CT molecular complexity index is 1640. The van der Waals surface area contributed by atoms with Gasteiger partial charge in [0, 0.05) is 37.4 Å². The fourth-order valence-corrected chi connectivity index (χ4v) is 8.41. The molecule has 8 nitrogen and oxygen atoms in total. The number of halogens is 3. The quantitative estimate of drug-likeness (QED) is 0.262. The highest BCUT2D eigenvalue weighted by molar-refractivity contribution is 5.94. The minimum atomic E-state index is -4.47. The fourth-order valence-electron chi connectivity index (χ4n) is 8.41. The van der Waals surface area contributed by atoms with Crippen LogP contribution >= 0.6 is 0 Å². The Morgan fingerprint density at radius 2 is 1.80 bits per heavy atom. The number of amides is 1. The fraction of sp³-hybridized carbons (Fsp3) is 0.514. The topological polar surface area (TPSA) is 85.4 Å². The molecule has 1 saturated carbocycles. The number of piperidine rings is 1. The molecule has 0 N–H and O–H groups in total. The summed E-state index contributed by atoms with van der Waals surface area (Å²) < 4.78 is 58.1. The van der Waals surface area contributed by atoms with Gasteiger partial charge in [-0.3, -0.25) is 19.3 Å². The van der Waals surface area contributed by atoms with Gasteiger partial charge in [-0.25, -0.2) is 0 Å². The second kappa shape index (κ2) is 11.3. The summed E-state index contributed by atoms with van der Waals surface area (Å²) in [5, 5.41) is 0. The molecule has 2 bridgehead atoms. The Balaban J connectivity index is 1.45. The lowest BCUT2D eigenvalue weighted by Gasteiger charge is -2.65. The van der Waals surface area contributed by atoms with Crippen LogP contribution in [0.2, 0.25) is 0 Å². The summed E-state index contributed by atoms with van der Waals surface area (Å²) >= 11 is 0. The molecular formula is C35H37F3N2O6. The molecule has 1 spiro atoms. The van der Waals surface area contributed by atoms with Crippen molar-refractivity contribution in [1.82, 2.24) is 9.80 Å². The van der Waals surface area contributed by atoms with E-state index in [-0.39, 0.29) is 23.3 Å². The predicted molar refractivity (Wildman–Crippen MR) is 161 cm³/mol. The molecule has 2 aromatic carbocycles. The minimum Gasteiger partial charge on any atom is -0.483 e. The van der Waals surface area contributed by atoms with Gasteiger partial charge in [0.25, 0.3) is 5.91 Å². The van der Waals surface area contributed by atoms with E-state index in [1.165, 1.54) is 26.0 Å². The molecule has 11 heteroatoms. The molecule has 5 atom stereocenters. The van der Waals surface area contributed by atoms with Gasteiger partial charge in [0.05, 0.1) is 23.1 Å². The molecule has 0 radical (unpaired) electrons. The van der Waals surface area contributed by atoms with Gasteiger partial charge in [0.1, 0.15) is 11.7 Å². The van der Waals surface area contributed by atoms with Gasteiger partial charge in [-0.05, 0) is 81.1 Å². The number of likely N-dealkylation sites (N-methyl/N-ethyl adjacent to an activating group) is 1. The monoisotopic (exact) mass is 638 g/mol. The van der Waals surface area contributed by atoms with Crippen molar-refractivity contribution in [2.24, 2.45) is 5.92 Å². The van der Waals surface area contributed by atoms with Crippen molar-refractivity contribution in [3.63, 3.8) is 0 Å². The maximum absolute atomic E-state index is 13.9. The average Bonchev–Trinajstić information content (AvgIpc) is 3.33. The number of likely N-dealkylation sites (tertiary alicyclic amines) is 1. The van der Waals surface area contributed by atoms with Crippen molar-refractivity contribution < 1.29 is 41.8 Å². The van der Waals surface area contributed by atoms with E-state index in [1.54, 1.807) is 11.0 Å². The second-order valence-corrected chi connectivity index (χ2v) is 13.2. The first-order valence-electron chi connectivity index (χ1n) is 15.6. The predicted octanol–water partition coefficient (Wildman–Crippen LogP) is 4.89. The number of carbonyl (C=O) groups excluding carboxylic acids is 3. The van der Waals surface area contributed by atoms with Gasteiger partial charge in [-0.15, -0.1) is 0 Å². The molecule has 2 aromatic rings. The number of carbonyl (C=O) groups is 3.